The van der Waals surface area contributed by atoms with Crippen LogP contribution in [0.4, 0.5) is 0 Å². The van der Waals surface area contributed by atoms with Gasteiger partial charge in [0, 0.05) is 0 Å². The van der Waals surface area contributed by atoms with Gasteiger partial charge in [-0.05, 0) is 25.8 Å². The van der Waals surface area contributed by atoms with Crippen LogP contribution in [0.2, 0.25) is 0 Å². The van der Waals surface area contributed by atoms with E-state index in [1.54, 1.807) is 20.8 Å². The standard InChI is InChI=1S/C7H12O2/c1-4-6(5(2)3)7(8)9/h4H2,1-3H3,(H,8,9)/p-1. The van der Waals surface area contributed by atoms with Gasteiger partial charge in [-0.1, -0.05) is 12.5 Å². The van der Waals surface area contributed by atoms with Crippen LogP contribution in [0, 0.1) is 0 Å². The van der Waals surface area contributed by atoms with Crippen molar-refractivity contribution in [1.82, 2.24) is 0 Å². The summed E-state index contributed by atoms with van der Waals surface area (Å²) in [6.45, 7) is 5.35. The van der Waals surface area contributed by atoms with E-state index in [4.69, 9.17) is 0 Å². The lowest BCUT2D eigenvalue weighted by molar-refractivity contribution is -0.299. The Balaban J connectivity index is 4.35. The van der Waals surface area contributed by atoms with Gasteiger partial charge in [-0.25, -0.2) is 0 Å². The minimum absolute atomic E-state index is 0.412. The molecule has 0 unspecified atom stereocenters. The number of carbonyl (C=O) groups is 1. The van der Waals surface area contributed by atoms with E-state index in [9.17, 15) is 9.90 Å². The fourth-order valence-corrected chi connectivity index (χ4v) is 0.702. The predicted octanol–water partition coefficient (Wildman–Crippen LogP) is 0.483. The van der Waals surface area contributed by atoms with E-state index < -0.39 is 5.97 Å². The Hall–Kier alpha value is -0.790. The minimum Gasteiger partial charge on any atom is -0.545 e. The smallest absolute Gasteiger partial charge is 0.0674 e. The van der Waals surface area contributed by atoms with E-state index in [0.29, 0.717) is 12.0 Å². The SMILES string of the molecule is CCC(C(=O)[O-])=C(C)C. The van der Waals surface area contributed by atoms with Gasteiger partial charge in [0.2, 0.25) is 0 Å². The second-order valence-electron chi connectivity index (χ2n) is 2.12. The Bertz CT molecular complexity index is 141. The Morgan fingerprint density at radius 2 is 1.89 bits per heavy atom. The van der Waals surface area contributed by atoms with Crippen LogP contribution in [-0.4, -0.2) is 5.97 Å². The first kappa shape index (κ1) is 8.21. The Morgan fingerprint density at radius 3 is 1.89 bits per heavy atom. The summed E-state index contributed by atoms with van der Waals surface area (Å²) in [7, 11) is 0. The molecule has 0 rings (SSSR count). The van der Waals surface area contributed by atoms with Gasteiger partial charge >= 0.3 is 0 Å². The number of hydrogen-bond donors (Lipinski definition) is 0. The molecule has 0 bridgehead atoms. The van der Waals surface area contributed by atoms with Crippen molar-refractivity contribution in [3.8, 4) is 0 Å². The van der Waals surface area contributed by atoms with E-state index in [2.05, 4.69) is 0 Å². The summed E-state index contributed by atoms with van der Waals surface area (Å²) in [4.78, 5) is 10.2. The van der Waals surface area contributed by atoms with Crippen molar-refractivity contribution < 1.29 is 9.90 Å². The van der Waals surface area contributed by atoms with E-state index in [0.717, 1.165) is 5.57 Å². The summed E-state index contributed by atoms with van der Waals surface area (Å²) in [6, 6.07) is 0. The highest BCUT2D eigenvalue weighted by molar-refractivity contribution is 5.85. The molecule has 9 heavy (non-hydrogen) atoms. The molecule has 0 saturated heterocycles. The summed E-state index contributed by atoms with van der Waals surface area (Å²) >= 11 is 0. The van der Waals surface area contributed by atoms with Crippen molar-refractivity contribution in [3.05, 3.63) is 11.1 Å². The van der Waals surface area contributed by atoms with Gasteiger partial charge in [-0.2, -0.15) is 0 Å². The topological polar surface area (TPSA) is 40.1 Å². The number of carbonyl (C=O) groups excluding carboxylic acids is 1. The molecule has 2 nitrogen and oxygen atoms in total. The molecule has 0 heterocycles. The van der Waals surface area contributed by atoms with Gasteiger partial charge < -0.3 is 9.90 Å². The van der Waals surface area contributed by atoms with Crippen LogP contribution >= 0.6 is 0 Å². The van der Waals surface area contributed by atoms with Crippen LogP contribution in [0.3, 0.4) is 0 Å². The second kappa shape index (κ2) is 3.28. The molecule has 0 aromatic heterocycles. The fourth-order valence-electron chi connectivity index (χ4n) is 0.702. The van der Waals surface area contributed by atoms with Gasteiger partial charge in [-0.15, -0.1) is 0 Å². The monoisotopic (exact) mass is 127 g/mol. The molecule has 0 aliphatic rings. The maximum Gasteiger partial charge on any atom is 0.0674 e. The molecular formula is C7H11O2-. The third-order valence-corrected chi connectivity index (χ3v) is 1.20. The number of carboxylic acids is 1. The molecule has 0 saturated carbocycles. The molecule has 0 aliphatic heterocycles. The van der Waals surface area contributed by atoms with Gasteiger partial charge in [0.05, 0.1) is 5.97 Å². The van der Waals surface area contributed by atoms with E-state index in [1.165, 1.54) is 0 Å². The van der Waals surface area contributed by atoms with E-state index in [-0.39, 0.29) is 0 Å². The molecule has 0 spiro atoms. The average Bonchev–Trinajstić information content (AvgIpc) is 1.64. The van der Waals surface area contributed by atoms with Gasteiger partial charge in [0.1, 0.15) is 0 Å². The maximum absolute atomic E-state index is 10.2. The average molecular weight is 127 g/mol. The zero-order valence-electron chi connectivity index (χ0n) is 6.02. The molecule has 0 amide bonds. The van der Waals surface area contributed by atoms with Crippen LogP contribution in [0.5, 0.6) is 0 Å². The lowest BCUT2D eigenvalue weighted by Gasteiger charge is -2.06. The summed E-state index contributed by atoms with van der Waals surface area (Å²) in [5.74, 6) is -1.04. The highest BCUT2D eigenvalue weighted by Gasteiger charge is 1.94. The van der Waals surface area contributed by atoms with Gasteiger partial charge in [0.25, 0.3) is 0 Å². The molecule has 0 radical (unpaired) electrons. The first-order valence-electron chi connectivity index (χ1n) is 2.97. The quantitative estimate of drug-likeness (QED) is 0.506. The normalized spacial score (nSPS) is 8.78. The largest absolute Gasteiger partial charge is 0.545 e. The highest BCUT2D eigenvalue weighted by atomic mass is 16.4. The molecule has 0 aromatic rings. The van der Waals surface area contributed by atoms with Crippen molar-refractivity contribution in [3.63, 3.8) is 0 Å². The van der Waals surface area contributed by atoms with Crippen molar-refractivity contribution in [2.75, 3.05) is 0 Å². The number of aliphatic carboxylic acids is 1. The number of carboxylic acid groups (broad SMARTS) is 1. The summed E-state index contributed by atoms with van der Waals surface area (Å²) in [5, 5.41) is 10.2. The molecule has 0 aliphatic carbocycles. The molecule has 0 N–H and O–H groups in total. The lowest BCUT2D eigenvalue weighted by Crippen LogP contribution is -2.24. The molecule has 0 atom stereocenters. The summed E-state index contributed by atoms with van der Waals surface area (Å²) in [6.07, 6.45) is 0.546. The molecule has 52 valence electrons. The summed E-state index contributed by atoms with van der Waals surface area (Å²) < 4.78 is 0. The highest BCUT2D eigenvalue weighted by Crippen LogP contribution is 2.05. The van der Waals surface area contributed by atoms with Crippen LogP contribution < -0.4 is 5.11 Å². The number of hydrogen-bond acceptors (Lipinski definition) is 2. The van der Waals surface area contributed by atoms with Crippen molar-refractivity contribution in [2.24, 2.45) is 0 Å². The van der Waals surface area contributed by atoms with Crippen molar-refractivity contribution in [2.45, 2.75) is 27.2 Å². The Kier molecular flexibility index (Phi) is 2.99. The van der Waals surface area contributed by atoms with Crippen LogP contribution in [0.15, 0.2) is 11.1 Å². The van der Waals surface area contributed by atoms with Crippen LogP contribution in [-0.2, 0) is 4.79 Å². The number of rotatable bonds is 2. The van der Waals surface area contributed by atoms with E-state index >= 15 is 0 Å². The maximum atomic E-state index is 10.2. The number of allylic oxidation sites excluding steroid dienone is 1. The first-order chi connectivity index (χ1) is 4.09. The van der Waals surface area contributed by atoms with Crippen LogP contribution in [0.25, 0.3) is 0 Å². The van der Waals surface area contributed by atoms with E-state index in [1.807, 2.05) is 0 Å². The molecular weight excluding hydrogens is 116 g/mol. The van der Waals surface area contributed by atoms with Crippen molar-refractivity contribution >= 4 is 5.97 Å². The lowest BCUT2D eigenvalue weighted by atomic mass is 10.1. The Labute approximate surface area is 55.2 Å². The molecule has 0 fully saturated rings. The zero-order valence-corrected chi connectivity index (χ0v) is 6.02. The predicted molar refractivity (Wildman–Crippen MR) is 33.7 cm³/mol. The third kappa shape index (κ3) is 2.31. The third-order valence-electron chi connectivity index (χ3n) is 1.20. The Morgan fingerprint density at radius 1 is 1.44 bits per heavy atom. The van der Waals surface area contributed by atoms with Crippen LogP contribution in [0.1, 0.15) is 27.2 Å². The van der Waals surface area contributed by atoms with Gasteiger partial charge in [-0.3, -0.25) is 0 Å². The zero-order chi connectivity index (χ0) is 7.44. The van der Waals surface area contributed by atoms with Gasteiger partial charge in [0.15, 0.2) is 0 Å². The molecule has 2 heteroatoms. The fraction of sp³-hybridized carbons (Fsp3) is 0.571. The summed E-state index contributed by atoms with van der Waals surface area (Å²) in [5.41, 5.74) is 1.24. The second-order valence-corrected chi connectivity index (χ2v) is 2.12. The first-order valence-corrected chi connectivity index (χ1v) is 2.97. The minimum atomic E-state index is -1.04. The molecule has 0 aromatic carbocycles. The van der Waals surface area contributed by atoms with Crippen molar-refractivity contribution in [1.29, 1.82) is 0 Å².